The van der Waals surface area contributed by atoms with Crippen molar-refractivity contribution >= 4 is 44.0 Å². The number of allylic oxidation sites excluding steroid dienone is 1. The van der Waals surface area contributed by atoms with Gasteiger partial charge in [0.2, 0.25) is 0 Å². The summed E-state index contributed by atoms with van der Waals surface area (Å²) in [5, 5.41) is 8.49. The standard InChI is InChI=1S/C23H26N6O2S/c1-32(30,31)15-17-3-2-4-20(11-17)28-7-9-29(10-8-28)23-21-12-18(19(13-24)14-25)5-6-22(21)26-16-27-23/h2-6,11-14,16,24H,7-10,15,25H2,1H3. The quantitative estimate of drug-likeness (QED) is 0.554. The first kappa shape index (κ1) is 21.8. The lowest BCUT2D eigenvalue weighted by Gasteiger charge is -2.37. The van der Waals surface area contributed by atoms with Gasteiger partial charge in [-0.2, -0.15) is 0 Å². The Morgan fingerprint density at radius 3 is 2.53 bits per heavy atom. The van der Waals surface area contributed by atoms with Gasteiger partial charge in [-0.15, -0.1) is 0 Å². The fraction of sp³-hybridized carbons (Fsp3) is 0.261. The van der Waals surface area contributed by atoms with Crippen LogP contribution in [0.3, 0.4) is 0 Å². The van der Waals surface area contributed by atoms with Crippen LogP contribution < -0.4 is 15.5 Å². The number of nitrogens with two attached hydrogens (primary N) is 1. The molecule has 1 aliphatic rings. The van der Waals surface area contributed by atoms with Gasteiger partial charge in [0.1, 0.15) is 12.1 Å². The van der Waals surface area contributed by atoms with Crippen molar-refractivity contribution < 1.29 is 8.42 Å². The topological polar surface area (TPSA) is 116 Å². The van der Waals surface area contributed by atoms with Crippen LogP contribution in [0, 0.1) is 5.41 Å². The van der Waals surface area contributed by atoms with E-state index in [9.17, 15) is 8.42 Å². The minimum Gasteiger partial charge on any atom is -0.404 e. The zero-order chi connectivity index (χ0) is 22.7. The van der Waals surface area contributed by atoms with Crippen LogP contribution >= 0.6 is 0 Å². The Morgan fingerprint density at radius 1 is 1.09 bits per heavy atom. The Morgan fingerprint density at radius 2 is 1.84 bits per heavy atom. The van der Waals surface area contributed by atoms with Gasteiger partial charge in [0, 0.05) is 61.5 Å². The molecule has 1 saturated heterocycles. The summed E-state index contributed by atoms with van der Waals surface area (Å²) in [5.41, 5.74) is 9.83. The normalized spacial score (nSPS) is 15.2. The van der Waals surface area contributed by atoms with Crippen molar-refractivity contribution in [3.63, 3.8) is 0 Å². The maximum absolute atomic E-state index is 11.6. The average Bonchev–Trinajstić information content (AvgIpc) is 2.79. The largest absolute Gasteiger partial charge is 0.404 e. The first-order valence-electron chi connectivity index (χ1n) is 10.3. The lowest BCUT2D eigenvalue weighted by molar-refractivity contribution is 0.601. The highest BCUT2D eigenvalue weighted by molar-refractivity contribution is 7.89. The average molecular weight is 451 g/mol. The highest BCUT2D eigenvalue weighted by atomic mass is 32.2. The second kappa shape index (κ2) is 8.96. The number of piperazine rings is 1. The number of sulfone groups is 1. The molecule has 0 radical (unpaired) electrons. The fourth-order valence-electron chi connectivity index (χ4n) is 4.02. The molecule has 0 unspecified atom stereocenters. The smallest absolute Gasteiger partial charge is 0.151 e. The van der Waals surface area contributed by atoms with Crippen molar-refractivity contribution in [2.24, 2.45) is 5.73 Å². The number of anilines is 2. The zero-order valence-corrected chi connectivity index (χ0v) is 18.7. The molecule has 0 saturated carbocycles. The van der Waals surface area contributed by atoms with E-state index >= 15 is 0 Å². The van der Waals surface area contributed by atoms with E-state index < -0.39 is 9.84 Å². The van der Waals surface area contributed by atoms with E-state index in [2.05, 4.69) is 19.8 Å². The summed E-state index contributed by atoms with van der Waals surface area (Å²) >= 11 is 0. The molecule has 3 aromatic rings. The van der Waals surface area contributed by atoms with Crippen molar-refractivity contribution in [2.75, 3.05) is 42.2 Å². The Labute approximate surface area is 187 Å². The van der Waals surface area contributed by atoms with Gasteiger partial charge in [-0.05, 0) is 35.4 Å². The van der Waals surface area contributed by atoms with Gasteiger partial charge in [0.15, 0.2) is 9.84 Å². The molecule has 8 nitrogen and oxygen atoms in total. The molecular weight excluding hydrogens is 424 g/mol. The molecule has 0 aliphatic carbocycles. The molecule has 32 heavy (non-hydrogen) atoms. The zero-order valence-electron chi connectivity index (χ0n) is 17.9. The van der Waals surface area contributed by atoms with Crippen LogP contribution in [-0.2, 0) is 15.6 Å². The van der Waals surface area contributed by atoms with Gasteiger partial charge in [0.05, 0.1) is 11.3 Å². The summed E-state index contributed by atoms with van der Waals surface area (Å²) in [4.78, 5) is 13.4. The van der Waals surface area contributed by atoms with E-state index in [1.165, 1.54) is 18.7 Å². The molecule has 0 spiro atoms. The number of nitrogens with zero attached hydrogens (tertiary/aromatic N) is 4. The fourth-order valence-corrected chi connectivity index (χ4v) is 4.81. The van der Waals surface area contributed by atoms with E-state index in [1.807, 2.05) is 42.5 Å². The van der Waals surface area contributed by atoms with E-state index in [4.69, 9.17) is 11.1 Å². The SMILES string of the molecule is CS(=O)(=O)Cc1cccc(N2CCN(c3ncnc4ccc(C(C=N)=CN)cc34)CC2)c1. The van der Waals surface area contributed by atoms with E-state index in [0.29, 0.717) is 5.57 Å². The van der Waals surface area contributed by atoms with Gasteiger partial charge in [-0.1, -0.05) is 18.2 Å². The van der Waals surface area contributed by atoms with Crippen molar-refractivity contribution in [1.29, 1.82) is 5.41 Å². The van der Waals surface area contributed by atoms with Crippen molar-refractivity contribution in [3.8, 4) is 0 Å². The Hall–Kier alpha value is -3.46. The second-order valence-corrected chi connectivity index (χ2v) is 10.0. The van der Waals surface area contributed by atoms with E-state index in [1.54, 1.807) is 6.33 Å². The first-order chi connectivity index (χ1) is 15.4. The number of benzene rings is 2. The van der Waals surface area contributed by atoms with Crippen LogP contribution in [0.5, 0.6) is 0 Å². The molecule has 166 valence electrons. The lowest BCUT2D eigenvalue weighted by atomic mass is 10.0. The monoisotopic (exact) mass is 450 g/mol. The van der Waals surface area contributed by atoms with Crippen LogP contribution in [0.4, 0.5) is 11.5 Å². The maximum Gasteiger partial charge on any atom is 0.151 e. The molecule has 4 rings (SSSR count). The van der Waals surface area contributed by atoms with Gasteiger partial charge in [0.25, 0.3) is 0 Å². The van der Waals surface area contributed by atoms with Crippen molar-refractivity contribution in [2.45, 2.75) is 5.75 Å². The molecule has 1 aromatic heterocycles. The third-order valence-electron chi connectivity index (χ3n) is 5.57. The molecule has 1 fully saturated rings. The molecular formula is C23H26N6O2S. The molecule has 9 heteroatoms. The van der Waals surface area contributed by atoms with Crippen LogP contribution in [-0.4, -0.2) is 57.0 Å². The predicted octanol–water partition coefficient (Wildman–Crippen LogP) is 2.45. The minimum absolute atomic E-state index is 0.0467. The second-order valence-electron chi connectivity index (χ2n) is 7.91. The van der Waals surface area contributed by atoms with Crippen molar-refractivity contribution in [3.05, 3.63) is 66.1 Å². The predicted molar refractivity (Wildman–Crippen MR) is 130 cm³/mol. The van der Waals surface area contributed by atoms with Crippen LogP contribution in [0.15, 0.2) is 55.0 Å². The lowest BCUT2D eigenvalue weighted by Crippen LogP contribution is -2.47. The van der Waals surface area contributed by atoms with Gasteiger partial charge in [-0.25, -0.2) is 18.4 Å². The highest BCUT2D eigenvalue weighted by Gasteiger charge is 2.21. The first-order valence-corrected chi connectivity index (χ1v) is 12.4. The molecule has 3 N–H and O–H groups in total. The van der Waals surface area contributed by atoms with E-state index in [-0.39, 0.29) is 5.75 Å². The highest BCUT2D eigenvalue weighted by Crippen LogP contribution is 2.28. The molecule has 0 amide bonds. The molecule has 0 atom stereocenters. The molecule has 0 bridgehead atoms. The number of fused-ring (bicyclic) bond motifs is 1. The third kappa shape index (κ3) is 4.72. The Kier molecular flexibility index (Phi) is 6.09. The van der Waals surface area contributed by atoms with Gasteiger partial charge >= 0.3 is 0 Å². The Bertz CT molecular complexity index is 1280. The molecule has 2 heterocycles. The number of aromatic nitrogens is 2. The number of rotatable bonds is 6. The summed E-state index contributed by atoms with van der Waals surface area (Å²) in [6.07, 6.45) is 5.49. The minimum atomic E-state index is -3.07. The summed E-state index contributed by atoms with van der Waals surface area (Å²) < 4.78 is 23.3. The van der Waals surface area contributed by atoms with Gasteiger partial charge in [-0.3, -0.25) is 0 Å². The number of hydrogen-bond donors (Lipinski definition) is 2. The third-order valence-corrected chi connectivity index (χ3v) is 6.42. The van der Waals surface area contributed by atoms with Crippen molar-refractivity contribution in [1.82, 2.24) is 9.97 Å². The summed E-state index contributed by atoms with van der Waals surface area (Å²) in [6, 6.07) is 13.6. The summed E-state index contributed by atoms with van der Waals surface area (Å²) in [6.45, 7) is 3.14. The maximum atomic E-state index is 11.6. The number of nitrogens with one attached hydrogen (secondary N) is 1. The number of hydrogen-bond acceptors (Lipinski definition) is 8. The van der Waals surface area contributed by atoms with E-state index in [0.717, 1.165) is 59.7 Å². The van der Waals surface area contributed by atoms with Crippen LogP contribution in [0.25, 0.3) is 16.5 Å². The summed E-state index contributed by atoms with van der Waals surface area (Å²) in [7, 11) is -3.07. The van der Waals surface area contributed by atoms with Crippen LogP contribution in [0.2, 0.25) is 0 Å². The molecule has 2 aromatic carbocycles. The van der Waals surface area contributed by atoms with Gasteiger partial charge < -0.3 is 20.9 Å². The Balaban J connectivity index is 1.55. The van der Waals surface area contributed by atoms with Crippen LogP contribution in [0.1, 0.15) is 11.1 Å². The summed E-state index contributed by atoms with van der Waals surface area (Å²) in [5.74, 6) is 0.911. The molecule has 1 aliphatic heterocycles.